The van der Waals surface area contributed by atoms with Gasteiger partial charge in [0.05, 0.1) is 6.61 Å². The van der Waals surface area contributed by atoms with Crippen LogP contribution in [0.3, 0.4) is 0 Å². The Morgan fingerprint density at radius 1 is 1.69 bits per heavy atom. The van der Waals surface area contributed by atoms with Crippen LogP contribution >= 0.6 is 0 Å². The largest absolute Gasteiger partial charge is 0.480 e. The zero-order valence-electron chi connectivity index (χ0n) is 7.51. The molecule has 0 heterocycles. The number of alkyl halides is 2. The second kappa shape index (κ2) is 5.08. The number of halogens is 2. The van der Waals surface area contributed by atoms with E-state index in [2.05, 4.69) is 10.1 Å². The van der Waals surface area contributed by atoms with Crippen LogP contribution in [0.2, 0.25) is 0 Å². The lowest BCUT2D eigenvalue weighted by Gasteiger charge is -2.23. The molecule has 13 heavy (non-hydrogen) atoms. The number of carboxylic acids is 1. The van der Waals surface area contributed by atoms with E-state index in [-0.39, 0.29) is 6.61 Å². The maximum Gasteiger partial charge on any atom is 0.326 e. The zero-order chi connectivity index (χ0) is 10.5. The lowest BCUT2D eigenvalue weighted by Crippen LogP contribution is -2.51. The molecule has 0 saturated carbocycles. The molecule has 0 radical (unpaired) electrons. The van der Waals surface area contributed by atoms with Crippen LogP contribution in [0.4, 0.5) is 8.78 Å². The molecule has 0 aliphatic carbocycles. The smallest absolute Gasteiger partial charge is 0.326 e. The molecule has 0 bridgehead atoms. The Hall–Kier alpha value is -0.750. The second-order valence-corrected chi connectivity index (χ2v) is 2.79. The molecule has 0 saturated heterocycles. The highest BCUT2D eigenvalue weighted by molar-refractivity contribution is 5.78. The molecular weight excluding hydrogens is 184 g/mol. The molecule has 1 atom stereocenters. The topological polar surface area (TPSA) is 58.6 Å². The number of carboxylic acid groups (broad SMARTS) is 1. The van der Waals surface area contributed by atoms with Crippen molar-refractivity contribution in [1.29, 1.82) is 0 Å². The second-order valence-electron chi connectivity index (χ2n) is 2.79. The molecule has 0 aliphatic heterocycles. The zero-order valence-corrected chi connectivity index (χ0v) is 7.51. The van der Waals surface area contributed by atoms with Crippen molar-refractivity contribution in [3.63, 3.8) is 0 Å². The van der Waals surface area contributed by atoms with Gasteiger partial charge in [-0.2, -0.15) is 0 Å². The summed E-state index contributed by atoms with van der Waals surface area (Å²) in [6, 6.07) is 0. The van der Waals surface area contributed by atoms with E-state index < -0.39 is 24.5 Å². The first-order valence-electron chi connectivity index (χ1n) is 3.70. The summed E-state index contributed by atoms with van der Waals surface area (Å²) in [5.41, 5.74) is -1.31. The molecule has 6 heteroatoms. The van der Waals surface area contributed by atoms with Gasteiger partial charge < -0.3 is 15.2 Å². The number of hydrogen-bond donors (Lipinski definition) is 2. The van der Waals surface area contributed by atoms with Crippen molar-refractivity contribution >= 4 is 5.97 Å². The van der Waals surface area contributed by atoms with Gasteiger partial charge in [0.25, 0.3) is 6.43 Å². The average molecular weight is 197 g/mol. The molecule has 2 N–H and O–H groups in total. The Balaban J connectivity index is 3.92. The van der Waals surface area contributed by atoms with Gasteiger partial charge in [0.15, 0.2) is 0 Å². The van der Waals surface area contributed by atoms with Crippen molar-refractivity contribution in [1.82, 2.24) is 5.32 Å². The summed E-state index contributed by atoms with van der Waals surface area (Å²) < 4.78 is 27.8. The lowest BCUT2D eigenvalue weighted by atomic mass is 10.1. The van der Waals surface area contributed by atoms with Gasteiger partial charge in [-0.25, -0.2) is 8.78 Å². The van der Waals surface area contributed by atoms with E-state index in [1.54, 1.807) is 0 Å². The number of rotatable bonds is 6. The van der Waals surface area contributed by atoms with Gasteiger partial charge in [-0.15, -0.1) is 0 Å². The first kappa shape index (κ1) is 12.2. The Kier molecular flexibility index (Phi) is 4.79. The highest BCUT2D eigenvalue weighted by Crippen LogP contribution is 2.05. The first-order valence-corrected chi connectivity index (χ1v) is 3.70. The van der Waals surface area contributed by atoms with Crippen molar-refractivity contribution in [2.75, 3.05) is 20.3 Å². The number of carbonyl (C=O) groups is 1. The third kappa shape index (κ3) is 4.14. The fourth-order valence-electron chi connectivity index (χ4n) is 0.593. The van der Waals surface area contributed by atoms with E-state index in [1.165, 1.54) is 14.0 Å². The molecule has 78 valence electrons. The maximum absolute atomic E-state index is 11.6. The van der Waals surface area contributed by atoms with Crippen LogP contribution in [0.1, 0.15) is 6.92 Å². The van der Waals surface area contributed by atoms with Crippen LogP contribution in [0.5, 0.6) is 0 Å². The number of ether oxygens (including phenoxy) is 1. The van der Waals surface area contributed by atoms with Crippen LogP contribution in [0.15, 0.2) is 0 Å². The highest BCUT2D eigenvalue weighted by Gasteiger charge is 2.31. The molecule has 0 rings (SSSR count). The van der Waals surface area contributed by atoms with E-state index in [0.29, 0.717) is 0 Å². The molecule has 0 aliphatic rings. The summed E-state index contributed by atoms with van der Waals surface area (Å²) in [6.45, 7) is 0.328. The SMILES string of the molecule is CNC(C)(COCC(F)F)C(=O)O. The molecule has 1 unspecified atom stereocenters. The van der Waals surface area contributed by atoms with Crippen LogP contribution in [0, 0.1) is 0 Å². The van der Waals surface area contributed by atoms with E-state index in [4.69, 9.17) is 5.11 Å². The number of hydrogen-bond acceptors (Lipinski definition) is 3. The summed E-state index contributed by atoms with van der Waals surface area (Å²) in [7, 11) is 1.43. The lowest BCUT2D eigenvalue weighted by molar-refractivity contribution is -0.147. The van der Waals surface area contributed by atoms with Gasteiger partial charge >= 0.3 is 5.97 Å². The summed E-state index contributed by atoms with van der Waals surface area (Å²) in [6.07, 6.45) is -2.57. The van der Waals surface area contributed by atoms with Gasteiger partial charge in [0.1, 0.15) is 12.1 Å². The molecule has 0 spiro atoms. The molecule has 0 aromatic heterocycles. The molecular formula is C7H13F2NO3. The van der Waals surface area contributed by atoms with Crippen molar-refractivity contribution in [2.45, 2.75) is 18.9 Å². The highest BCUT2D eigenvalue weighted by atomic mass is 19.3. The molecule has 0 fully saturated rings. The van der Waals surface area contributed by atoms with Crippen LogP contribution in [-0.2, 0) is 9.53 Å². The van der Waals surface area contributed by atoms with E-state index in [1.807, 2.05) is 0 Å². The van der Waals surface area contributed by atoms with Crippen molar-refractivity contribution in [3.8, 4) is 0 Å². The summed E-state index contributed by atoms with van der Waals surface area (Å²) >= 11 is 0. The molecule has 0 aromatic carbocycles. The summed E-state index contributed by atoms with van der Waals surface area (Å²) in [4.78, 5) is 10.6. The number of nitrogens with one attached hydrogen (secondary N) is 1. The fraction of sp³-hybridized carbons (Fsp3) is 0.857. The van der Waals surface area contributed by atoms with Gasteiger partial charge in [-0.3, -0.25) is 4.79 Å². The van der Waals surface area contributed by atoms with Crippen molar-refractivity contribution in [2.24, 2.45) is 0 Å². The number of likely N-dealkylation sites (N-methyl/N-ethyl adjacent to an activating group) is 1. The van der Waals surface area contributed by atoms with Gasteiger partial charge in [-0.05, 0) is 14.0 Å². The predicted molar refractivity (Wildman–Crippen MR) is 41.9 cm³/mol. The van der Waals surface area contributed by atoms with Crippen LogP contribution in [-0.4, -0.2) is 43.3 Å². The fourth-order valence-corrected chi connectivity index (χ4v) is 0.593. The monoisotopic (exact) mass is 197 g/mol. The summed E-state index contributed by atoms with van der Waals surface area (Å²) in [5, 5.41) is 11.1. The minimum absolute atomic E-state index is 0.289. The first-order chi connectivity index (χ1) is 5.92. The van der Waals surface area contributed by atoms with Gasteiger partial charge in [0, 0.05) is 0 Å². The standard InChI is InChI=1S/C7H13F2NO3/c1-7(10-2,6(11)12)4-13-3-5(8)9/h5,10H,3-4H2,1-2H3,(H,11,12). The summed E-state index contributed by atoms with van der Waals surface area (Å²) in [5.74, 6) is -1.13. The molecule has 0 aromatic rings. The van der Waals surface area contributed by atoms with Crippen molar-refractivity contribution < 1.29 is 23.4 Å². The third-order valence-corrected chi connectivity index (χ3v) is 1.66. The Bertz CT molecular complexity index is 177. The maximum atomic E-state index is 11.6. The Morgan fingerprint density at radius 2 is 2.23 bits per heavy atom. The van der Waals surface area contributed by atoms with Gasteiger partial charge in [0.2, 0.25) is 0 Å². The van der Waals surface area contributed by atoms with Crippen LogP contribution < -0.4 is 5.32 Å². The quantitative estimate of drug-likeness (QED) is 0.644. The van der Waals surface area contributed by atoms with Crippen molar-refractivity contribution in [3.05, 3.63) is 0 Å². The van der Waals surface area contributed by atoms with Crippen LogP contribution in [0.25, 0.3) is 0 Å². The normalized spacial score (nSPS) is 15.8. The molecule has 0 amide bonds. The molecule has 4 nitrogen and oxygen atoms in total. The minimum atomic E-state index is -2.57. The average Bonchev–Trinajstić information content (AvgIpc) is 2.03. The van der Waals surface area contributed by atoms with E-state index in [9.17, 15) is 13.6 Å². The Morgan fingerprint density at radius 3 is 2.54 bits per heavy atom. The minimum Gasteiger partial charge on any atom is -0.480 e. The Labute approximate surface area is 74.9 Å². The van der Waals surface area contributed by atoms with E-state index >= 15 is 0 Å². The third-order valence-electron chi connectivity index (χ3n) is 1.66. The predicted octanol–water partition coefficient (Wildman–Crippen LogP) is 0.331. The number of aliphatic carboxylic acids is 1. The van der Waals surface area contributed by atoms with Gasteiger partial charge in [-0.1, -0.05) is 0 Å². The van der Waals surface area contributed by atoms with E-state index in [0.717, 1.165) is 0 Å².